The van der Waals surface area contributed by atoms with Crippen molar-refractivity contribution in [3.63, 3.8) is 0 Å². The van der Waals surface area contributed by atoms with E-state index in [1.54, 1.807) is 0 Å². The molecule has 0 spiro atoms. The molecule has 0 bridgehead atoms. The summed E-state index contributed by atoms with van der Waals surface area (Å²) in [6.45, 7) is 8.85. The maximum atomic E-state index is 6.30. The highest BCUT2D eigenvalue weighted by Gasteiger charge is 2.14. The number of alkyl halides is 1. The van der Waals surface area contributed by atoms with Gasteiger partial charge in [-0.3, -0.25) is 0 Å². The van der Waals surface area contributed by atoms with E-state index in [-0.39, 0.29) is 26.6 Å². The van der Waals surface area contributed by atoms with Gasteiger partial charge in [0.15, 0.2) is 0 Å². The first kappa shape index (κ1) is 20.8. The molecule has 3 heteroatoms. The zero-order valence-corrected chi connectivity index (χ0v) is 19.9. The van der Waals surface area contributed by atoms with E-state index in [2.05, 4.69) is 103 Å². The number of benzene rings is 2. The molecule has 25 heavy (non-hydrogen) atoms. The Bertz CT molecular complexity index is 804. The molecule has 0 nitrogen and oxygen atoms in total. The fourth-order valence-electron chi connectivity index (χ4n) is 2.64. The minimum Gasteiger partial charge on any atom is -0.118 e. The van der Waals surface area contributed by atoms with Crippen LogP contribution in [0.1, 0.15) is 30.9 Å². The highest BCUT2D eigenvalue weighted by molar-refractivity contribution is 14.2. The first-order valence-corrected chi connectivity index (χ1v) is 12.8. The van der Waals surface area contributed by atoms with E-state index in [0.29, 0.717) is 0 Å². The van der Waals surface area contributed by atoms with Gasteiger partial charge in [-0.05, 0) is 69.7 Å². The molecular weight excluding hydrogens is 554 g/mol. The molecule has 1 atom stereocenters. The van der Waals surface area contributed by atoms with Crippen molar-refractivity contribution in [2.24, 2.45) is 0 Å². The van der Waals surface area contributed by atoms with Crippen LogP contribution in [0, 0.1) is 3.57 Å². The zero-order valence-electron chi connectivity index (χ0n) is 14.8. The van der Waals surface area contributed by atoms with Crippen molar-refractivity contribution in [3.8, 4) is 0 Å². The van der Waals surface area contributed by atoms with Crippen LogP contribution in [-0.2, 0) is 6.42 Å². The molecule has 0 aliphatic carbocycles. The van der Waals surface area contributed by atoms with Crippen LogP contribution in [0.4, 0.5) is 0 Å². The van der Waals surface area contributed by atoms with E-state index in [9.17, 15) is 0 Å². The van der Waals surface area contributed by atoms with Gasteiger partial charge < -0.3 is 0 Å². The van der Waals surface area contributed by atoms with Crippen LogP contribution in [0.5, 0.6) is 0 Å². The van der Waals surface area contributed by atoms with Gasteiger partial charge in [-0.15, -0.1) is 20.7 Å². The molecule has 0 N–H and O–H groups in total. The summed E-state index contributed by atoms with van der Waals surface area (Å²) in [7, 11) is 0. The van der Waals surface area contributed by atoms with Crippen LogP contribution in [0.15, 0.2) is 72.3 Å². The van der Waals surface area contributed by atoms with Crippen LogP contribution in [0.3, 0.4) is 0 Å². The van der Waals surface area contributed by atoms with Crippen molar-refractivity contribution in [2.45, 2.75) is 26.2 Å². The number of halogens is 3. The summed E-state index contributed by atoms with van der Waals surface area (Å²) in [5, 5.41) is 0.821. The van der Waals surface area contributed by atoms with Crippen molar-refractivity contribution in [1.29, 1.82) is 0 Å². The van der Waals surface area contributed by atoms with E-state index < -0.39 is 0 Å². The largest absolute Gasteiger partial charge is 0.118 e. The molecule has 0 unspecified atom stereocenters. The molecule has 2 rings (SSSR count). The van der Waals surface area contributed by atoms with Crippen molar-refractivity contribution in [1.82, 2.24) is 0 Å². The molecule has 132 valence electrons. The van der Waals surface area contributed by atoms with Crippen molar-refractivity contribution >= 4 is 58.4 Å². The van der Waals surface area contributed by atoms with Gasteiger partial charge >= 0.3 is 0 Å². The Morgan fingerprint density at radius 3 is 2.52 bits per heavy atom. The average Bonchev–Trinajstić information content (AvgIpc) is 2.61. The van der Waals surface area contributed by atoms with E-state index in [4.69, 9.17) is 11.6 Å². The Balaban J connectivity index is 2.17. The highest BCUT2D eigenvalue weighted by Crippen LogP contribution is 2.30. The summed E-state index contributed by atoms with van der Waals surface area (Å²) in [6.07, 6.45) is 3.35. The van der Waals surface area contributed by atoms with Gasteiger partial charge in [0.2, 0.25) is 0 Å². The summed E-state index contributed by atoms with van der Waals surface area (Å²) >= 11 is 8.52. The first-order chi connectivity index (χ1) is 11.9. The minimum absolute atomic E-state index is 0.0421. The monoisotopic (exact) mass is 576 g/mol. The van der Waals surface area contributed by atoms with Crippen LogP contribution in [0.25, 0.3) is 0 Å². The molecule has 0 amide bonds. The third kappa shape index (κ3) is 6.04. The molecular formula is C22H23ClI2. The fourth-order valence-corrected chi connectivity index (χ4v) is 5.17. The Morgan fingerprint density at radius 1 is 1.24 bits per heavy atom. The third-order valence-electron chi connectivity index (χ3n) is 4.18. The Labute approximate surface area is 180 Å². The standard InChI is InChI=1S/C22H23ClI2/c1-15(12-18-8-6-5-7-9-18)13-22(25-4)17(3)16(2)19-10-11-21(24)20(23)14-19/h5-11,13-14,16H,3,12H2,1-2,4H3/b15-13+/t16-/m1/s1. The smallest absolute Gasteiger partial charge is 0.0542 e. The van der Waals surface area contributed by atoms with Gasteiger partial charge in [0, 0.05) is 13.0 Å². The quantitative estimate of drug-likeness (QED) is 0.246. The number of hydrogen-bond acceptors (Lipinski definition) is 0. The van der Waals surface area contributed by atoms with Crippen LogP contribution in [-0.4, -0.2) is 8.44 Å². The molecule has 0 saturated heterocycles. The molecule has 0 heterocycles. The third-order valence-corrected chi connectivity index (χ3v) is 7.91. The predicted octanol–water partition coefficient (Wildman–Crippen LogP) is 7.57. The number of hydrogen-bond donors (Lipinski definition) is 0. The highest BCUT2D eigenvalue weighted by atomic mass is 127. The van der Waals surface area contributed by atoms with Crippen LogP contribution >= 0.6 is 54.9 Å². The lowest BCUT2D eigenvalue weighted by molar-refractivity contribution is 0.942. The second-order valence-electron chi connectivity index (χ2n) is 6.11. The SMILES string of the molecule is C=C(C(/C=C(\C)Cc1ccccc1)=IC)[C@@H](C)c1ccc(I)c(Cl)c1. The molecule has 0 radical (unpaired) electrons. The maximum Gasteiger partial charge on any atom is 0.0542 e. The topological polar surface area (TPSA) is 0 Å². The minimum atomic E-state index is -0.0421. The molecule has 2 aromatic rings. The molecule has 0 aromatic heterocycles. The number of allylic oxidation sites excluding steroid dienone is 3. The summed E-state index contributed by atoms with van der Waals surface area (Å²) in [5.74, 6) is 0.282. The first-order valence-electron chi connectivity index (χ1n) is 8.14. The van der Waals surface area contributed by atoms with Gasteiger partial charge in [-0.25, -0.2) is 0 Å². The maximum absolute atomic E-state index is 6.30. The van der Waals surface area contributed by atoms with Gasteiger partial charge in [-0.1, -0.05) is 73.2 Å². The predicted molar refractivity (Wildman–Crippen MR) is 131 cm³/mol. The Hall–Kier alpha value is -0.460. The summed E-state index contributed by atoms with van der Waals surface area (Å²) in [5.41, 5.74) is 5.20. The zero-order chi connectivity index (χ0) is 18.4. The van der Waals surface area contributed by atoms with Gasteiger partial charge in [0.1, 0.15) is 0 Å². The van der Waals surface area contributed by atoms with Gasteiger partial charge in [0.25, 0.3) is 0 Å². The van der Waals surface area contributed by atoms with Crippen molar-refractivity contribution in [3.05, 3.63) is 92.1 Å². The van der Waals surface area contributed by atoms with E-state index >= 15 is 0 Å². The molecule has 0 fully saturated rings. The second-order valence-corrected chi connectivity index (χ2v) is 9.92. The van der Waals surface area contributed by atoms with E-state index in [0.717, 1.165) is 15.0 Å². The summed E-state index contributed by atoms with van der Waals surface area (Å²) in [6, 6.07) is 16.9. The van der Waals surface area contributed by atoms with Crippen molar-refractivity contribution in [2.75, 3.05) is 4.93 Å². The fraction of sp³-hybridized carbons (Fsp3) is 0.227. The lowest BCUT2D eigenvalue weighted by atomic mass is 9.91. The second kappa shape index (κ2) is 10.0. The molecule has 0 aliphatic rings. The normalized spacial score (nSPS) is 14.0. The average molecular weight is 577 g/mol. The van der Waals surface area contributed by atoms with E-state index in [1.807, 2.05) is 0 Å². The molecule has 0 aliphatic heterocycles. The van der Waals surface area contributed by atoms with Crippen molar-refractivity contribution < 1.29 is 0 Å². The lowest BCUT2D eigenvalue weighted by Gasteiger charge is -2.17. The van der Waals surface area contributed by atoms with Gasteiger partial charge in [-0.2, -0.15) is 0 Å². The van der Waals surface area contributed by atoms with E-state index in [1.165, 1.54) is 25.8 Å². The number of rotatable bonds is 6. The van der Waals surface area contributed by atoms with Crippen LogP contribution in [0.2, 0.25) is 5.02 Å². The van der Waals surface area contributed by atoms with Crippen LogP contribution < -0.4 is 0 Å². The van der Waals surface area contributed by atoms with Gasteiger partial charge in [0.05, 0.1) is 5.02 Å². The molecule has 2 aromatic carbocycles. The molecule has 0 saturated carbocycles. The lowest BCUT2D eigenvalue weighted by Crippen LogP contribution is -2.06. The summed E-state index contributed by atoms with van der Waals surface area (Å²) in [4.78, 5) is 2.30. The Kier molecular flexibility index (Phi) is 8.36. The Morgan fingerprint density at radius 2 is 1.92 bits per heavy atom. The summed E-state index contributed by atoms with van der Waals surface area (Å²) < 4.78 is 2.51.